The first-order valence-corrected chi connectivity index (χ1v) is 9.90. The van der Waals surface area contributed by atoms with Gasteiger partial charge in [0.1, 0.15) is 0 Å². The van der Waals surface area contributed by atoms with Crippen molar-refractivity contribution < 1.29 is 13.2 Å². The minimum atomic E-state index is -3.00. The van der Waals surface area contributed by atoms with Gasteiger partial charge in [-0.1, -0.05) is 30.3 Å². The second kappa shape index (κ2) is 6.43. The second-order valence-electron chi connectivity index (χ2n) is 6.43. The fourth-order valence-corrected chi connectivity index (χ4v) is 4.89. The molecule has 0 aliphatic carbocycles. The third kappa shape index (κ3) is 3.53. The molecule has 1 amide bonds. The standard InChI is InChI=1S/C18H22N2O3S/c1-13-10-17(18(21)19-16-8-9-24(22,23)12-16)14(2)20(13)11-15-6-4-3-5-7-15/h3-7,10,16H,8-9,11-12H2,1-2H3,(H,19,21)/t16-/m0/s1. The maximum atomic E-state index is 12.5. The summed E-state index contributed by atoms with van der Waals surface area (Å²) in [7, 11) is -3.00. The molecule has 2 heterocycles. The molecular weight excluding hydrogens is 324 g/mol. The van der Waals surface area contributed by atoms with E-state index in [2.05, 4.69) is 22.0 Å². The Morgan fingerprint density at radius 3 is 2.58 bits per heavy atom. The first kappa shape index (κ1) is 16.8. The Labute approximate surface area is 142 Å². The smallest absolute Gasteiger partial charge is 0.253 e. The van der Waals surface area contributed by atoms with Crippen LogP contribution in [0, 0.1) is 13.8 Å². The maximum Gasteiger partial charge on any atom is 0.253 e. The third-order valence-electron chi connectivity index (χ3n) is 4.57. The molecule has 0 saturated carbocycles. The van der Waals surface area contributed by atoms with Crippen LogP contribution in [0.25, 0.3) is 0 Å². The highest BCUT2D eigenvalue weighted by molar-refractivity contribution is 7.91. The van der Waals surface area contributed by atoms with Crippen molar-refractivity contribution in [3.05, 3.63) is 58.9 Å². The SMILES string of the molecule is Cc1cc(C(=O)N[C@H]2CCS(=O)(=O)C2)c(C)n1Cc1ccccc1. The highest BCUT2D eigenvalue weighted by atomic mass is 32.2. The summed E-state index contributed by atoms with van der Waals surface area (Å²) in [5, 5.41) is 2.86. The van der Waals surface area contributed by atoms with Gasteiger partial charge in [-0.25, -0.2) is 8.42 Å². The molecule has 0 bridgehead atoms. The number of hydrogen-bond acceptors (Lipinski definition) is 3. The third-order valence-corrected chi connectivity index (χ3v) is 6.34. The first-order valence-electron chi connectivity index (χ1n) is 8.08. The average molecular weight is 346 g/mol. The summed E-state index contributed by atoms with van der Waals surface area (Å²) in [4.78, 5) is 12.5. The molecule has 1 aliphatic rings. The van der Waals surface area contributed by atoms with Crippen molar-refractivity contribution in [3.8, 4) is 0 Å². The van der Waals surface area contributed by atoms with E-state index in [0.29, 0.717) is 18.5 Å². The number of aromatic nitrogens is 1. The zero-order chi connectivity index (χ0) is 17.3. The van der Waals surface area contributed by atoms with E-state index in [4.69, 9.17) is 0 Å². The number of nitrogens with one attached hydrogen (secondary N) is 1. The van der Waals surface area contributed by atoms with E-state index in [9.17, 15) is 13.2 Å². The Bertz CT molecular complexity index is 854. The topological polar surface area (TPSA) is 68.2 Å². The van der Waals surface area contributed by atoms with Gasteiger partial charge in [-0.05, 0) is 31.9 Å². The largest absolute Gasteiger partial charge is 0.348 e. The molecule has 1 saturated heterocycles. The number of aryl methyl sites for hydroxylation is 1. The molecule has 1 aromatic carbocycles. The fourth-order valence-electron chi connectivity index (χ4n) is 3.21. The molecule has 1 aromatic heterocycles. The van der Waals surface area contributed by atoms with Crippen LogP contribution in [0.1, 0.15) is 33.7 Å². The van der Waals surface area contributed by atoms with Crippen LogP contribution >= 0.6 is 0 Å². The first-order chi connectivity index (χ1) is 11.4. The van der Waals surface area contributed by atoms with E-state index in [1.165, 1.54) is 5.56 Å². The van der Waals surface area contributed by atoms with Gasteiger partial charge in [0, 0.05) is 24.0 Å². The van der Waals surface area contributed by atoms with Gasteiger partial charge in [0.05, 0.1) is 17.1 Å². The van der Waals surface area contributed by atoms with E-state index in [1.54, 1.807) is 0 Å². The number of rotatable bonds is 4. The Morgan fingerprint density at radius 2 is 1.96 bits per heavy atom. The number of sulfone groups is 1. The highest BCUT2D eigenvalue weighted by Crippen LogP contribution is 2.18. The molecule has 0 spiro atoms. The van der Waals surface area contributed by atoms with Crippen LogP contribution in [0.15, 0.2) is 36.4 Å². The minimum Gasteiger partial charge on any atom is -0.348 e. The van der Waals surface area contributed by atoms with Crippen molar-refractivity contribution in [2.24, 2.45) is 0 Å². The molecule has 0 radical (unpaired) electrons. The van der Waals surface area contributed by atoms with Crippen LogP contribution in [0.4, 0.5) is 0 Å². The van der Waals surface area contributed by atoms with Gasteiger partial charge in [0.25, 0.3) is 5.91 Å². The van der Waals surface area contributed by atoms with Crippen molar-refractivity contribution in [3.63, 3.8) is 0 Å². The van der Waals surface area contributed by atoms with Crippen LogP contribution in [-0.2, 0) is 16.4 Å². The zero-order valence-corrected chi connectivity index (χ0v) is 14.8. The Morgan fingerprint density at radius 1 is 1.25 bits per heavy atom. The van der Waals surface area contributed by atoms with Gasteiger partial charge in [0.15, 0.2) is 9.84 Å². The molecule has 1 aliphatic heterocycles. The molecule has 6 heteroatoms. The zero-order valence-electron chi connectivity index (χ0n) is 14.0. The number of hydrogen-bond donors (Lipinski definition) is 1. The Kier molecular flexibility index (Phi) is 4.49. The number of carbonyl (C=O) groups is 1. The predicted octanol–water partition coefficient (Wildman–Crippen LogP) is 2.07. The molecule has 1 atom stereocenters. The summed E-state index contributed by atoms with van der Waals surface area (Å²) < 4.78 is 25.2. The molecular formula is C18H22N2O3S. The summed E-state index contributed by atoms with van der Waals surface area (Å²) in [6.45, 7) is 4.62. The van der Waals surface area contributed by atoms with Gasteiger partial charge in [0.2, 0.25) is 0 Å². The minimum absolute atomic E-state index is 0.0431. The molecule has 5 nitrogen and oxygen atoms in total. The lowest BCUT2D eigenvalue weighted by molar-refractivity contribution is 0.0940. The number of nitrogens with zero attached hydrogens (tertiary/aromatic N) is 1. The lowest BCUT2D eigenvalue weighted by atomic mass is 10.2. The highest BCUT2D eigenvalue weighted by Gasteiger charge is 2.29. The van der Waals surface area contributed by atoms with E-state index >= 15 is 0 Å². The lowest BCUT2D eigenvalue weighted by Crippen LogP contribution is -2.35. The average Bonchev–Trinajstić information content (AvgIpc) is 3.01. The van der Waals surface area contributed by atoms with Gasteiger partial charge < -0.3 is 9.88 Å². The number of carbonyl (C=O) groups excluding carboxylic acids is 1. The molecule has 24 heavy (non-hydrogen) atoms. The summed E-state index contributed by atoms with van der Waals surface area (Å²) in [5.41, 5.74) is 3.70. The summed E-state index contributed by atoms with van der Waals surface area (Å²) in [6.07, 6.45) is 0.497. The molecule has 128 valence electrons. The van der Waals surface area contributed by atoms with Gasteiger partial charge in [-0.2, -0.15) is 0 Å². The lowest BCUT2D eigenvalue weighted by Gasteiger charge is -2.12. The predicted molar refractivity (Wildman–Crippen MR) is 94.0 cm³/mol. The van der Waals surface area contributed by atoms with Gasteiger partial charge in [-0.15, -0.1) is 0 Å². The monoisotopic (exact) mass is 346 g/mol. The Balaban J connectivity index is 1.77. The second-order valence-corrected chi connectivity index (χ2v) is 8.66. The van der Waals surface area contributed by atoms with Crippen LogP contribution in [0.3, 0.4) is 0 Å². The van der Waals surface area contributed by atoms with E-state index in [0.717, 1.165) is 11.4 Å². The maximum absolute atomic E-state index is 12.5. The van der Waals surface area contributed by atoms with E-state index in [-0.39, 0.29) is 23.5 Å². The van der Waals surface area contributed by atoms with Crippen LogP contribution in [-0.4, -0.2) is 36.4 Å². The Hall–Kier alpha value is -2.08. The van der Waals surface area contributed by atoms with Crippen LogP contribution in [0.2, 0.25) is 0 Å². The van der Waals surface area contributed by atoms with E-state index in [1.807, 2.05) is 38.1 Å². The van der Waals surface area contributed by atoms with E-state index < -0.39 is 9.84 Å². The van der Waals surface area contributed by atoms with Crippen molar-refractivity contribution in [1.82, 2.24) is 9.88 Å². The summed E-state index contributed by atoms with van der Waals surface area (Å²) >= 11 is 0. The van der Waals surface area contributed by atoms with Crippen LogP contribution in [0.5, 0.6) is 0 Å². The number of amides is 1. The molecule has 3 rings (SSSR count). The quantitative estimate of drug-likeness (QED) is 0.921. The molecule has 2 aromatic rings. The van der Waals surface area contributed by atoms with Gasteiger partial charge >= 0.3 is 0 Å². The number of benzene rings is 1. The summed E-state index contributed by atoms with van der Waals surface area (Å²) in [6, 6.07) is 11.7. The summed E-state index contributed by atoms with van der Waals surface area (Å²) in [5.74, 6) is 0.0106. The molecule has 0 unspecified atom stereocenters. The fraction of sp³-hybridized carbons (Fsp3) is 0.389. The van der Waals surface area contributed by atoms with Crippen molar-refractivity contribution in [2.45, 2.75) is 32.9 Å². The van der Waals surface area contributed by atoms with Crippen molar-refractivity contribution >= 4 is 15.7 Å². The van der Waals surface area contributed by atoms with Gasteiger partial charge in [-0.3, -0.25) is 4.79 Å². The normalized spacial score (nSPS) is 19.3. The van der Waals surface area contributed by atoms with Crippen molar-refractivity contribution in [2.75, 3.05) is 11.5 Å². The van der Waals surface area contributed by atoms with Crippen molar-refractivity contribution in [1.29, 1.82) is 0 Å². The molecule has 1 fully saturated rings. The molecule has 1 N–H and O–H groups in total. The van der Waals surface area contributed by atoms with Crippen LogP contribution < -0.4 is 5.32 Å².